The molecule has 1 saturated carbocycles. The Hall–Kier alpha value is -0.310. The molecular formula is C11H22N2S. The molecule has 0 aliphatic heterocycles. The minimum absolute atomic E-state index is 0.421. The van der Waals surface area contributed by atoms with Crippen LogP contribution in [0.15, 0.2) is 0 Å². The molecule has 0 aromatic carbocycles. The lowest BCUT2D eigenvalue weighted by Crippen LogP contribution is -2.42. The maximum Gasteiger partial charge on any atom is 0.166 e. The van der Waals surface area contributed by atoms with E-state index in [4.69, 9.17) is 12.2 Å². The van der Waals surface area contributed by atoms with Gasteiger partial charge in [-0.1, -0.05) is 13.8 Å². The average Bonchev–Trinajstić information content (AvgIpc) is 2.79. The number of thiocarbonyl (C=S) groups is 1. The molecule has 1 aliphatic carbocycles. The SMILES string of the molecule is CC(C)NC(=S)NCC1(C(C)C)CC1. The van der Waals surface area contributed by atoms with E-state index >= 15 is 0 Å². The summed E-state index contributed by atoms with van der Waals surface area (Å²) in [5.74, 6) is 0.761. The number of rotatable bonds is 4. The molecule has 0 bridgehead atoms. The van der Waals surface area contributed by atoms with E-state index in [-0.39, 0.29) is 0 Å². The molecule has 0 heterocycles. The molecule has 1 rings (SSSR count). The van der Waals surface area contributed by atoms with Crippen LogP contribution in [0, 0.1) is 11.3 Å². The molecule has 1 fully saturated rings. The first-order chi connectivity index (χ1) is 6.46. The van der Waals surface area contributed by atoms with Crippen LogP contribution in [0.1, 0.15) is 40.5 Å². The Labute approximate surface area is 92.8 Å². The summed E-state index contributed by atoms with van der Waals surface area (Å²) in [7, 11) is 0. The molecule has 0 atom stereocenters. The molecule has 0 spiro atoms. The summed E-state index contributed by atoms with van der Waals surface area (Å²) >= 11 is 5.19. The van der Waals surface area contributed by atoms with E-state index in [1.54, 1.807) is 0 Å². The molecule has 0 unspecified atom stereocenters. The minimum atomic E-state index is 0.421. The normalized spacial score (nSPS) is 18.4. The summed E-state index contributed by atoms with van der Waals surface area (Å²) in [5, 5.41) is 7.32. The third-order valence-corrected chi connectivity index (χ3v) is 3.40. The van der Waals surface area contributed by atoms with Crippen LogP contribution in [0.25, 0.3) is 0 Å². The Kier molecular flexibility index (Phi) is 3.76. The molecule has 1 aliphatic rings. The lowest BCUT2D eigenvalue weighted by atomic mass is 9.92. The van der Waals surface area contributed by atoms with Crippen LogP contribution in [-0.2, 0) is 0 Å². The van der Waals surface area contributed by atoms with Crippen LogP contribution in [0.3, 0.4) is 0 Å². The van der Waals surface area contributed by atoms with Crippen molar-refractivity contribution in [3.05, 3.63) is 0 Å². The fraction of sp³-hybridized carbons (Fsp3) is 0.909. The second kappa shape index (κ2) is 4.47. The Morgan fingerprint density at radius 1 is 1.29 bits per heavy atom. The van der Waals surface area contributed by atoms with Crippen molar-refractivity contribution in [2.45, 2.75) is 46.6 Å². The van der Waals surface area contributed by atoms with Gasteiger partial charge in [-0.25, -0.2) is 0 Å². The molecule has 3 heteroatoms. The summed E-state index contributed by atoms with van der Waals surface area (Å²) in [6.07, 6.45) is 2.70. The first-order valence-corrected chi connectivity index (χ1v) is 5.91. The molecule has 14 heavy (non-hydrogen) atoms. The van der Waals surface area contributed by atoms with Gasteiger partial charge < -0.3 is 10.6 Å². The van der Waals surface area contributed by atoms with E-state index in [0.29, 0.717) is 11.5 Å². The third kappa shape index (κ3) is 3.12. The monoisotopic (exact) mass is 214 g/mol. The molecule has 2 N–H and O–H groups in total. The predicted molar refractivity (Wildman–Crippen MR) is 65.4 cm³/mol. The number of nitrogens with one attached hydrogen (secondary N) is 2. The van der Waals surface area contributed by atoms with Gasteiger partial charge in [0.25, 0.3) is 0 Å². The summed E-state index contributed by atoms with van der Waals surface area (Å²) < 4.78 is 0. The first-order valence-electron chi connectivity index (χ1n) is 5.51. The van der Waals surface area contributed by atoms with Gasteiger partial charge in [0.2, 0.25) is 0 Å². The van der Waals surface area contributed by atoms with Gasteiger partial charge >= 0.3 is 0 Å². The quantitative estimate of drug-likeness (QED) is 0.702. The summed E-state index contributed by atoms with van der Waals surface area (Å²) in [5.41, 5.74) is 0.530. The zero-order valence-corrected chi connectivity index (χ0v) is 10.5. The van der Waals surface area contributed by atoms with E-state index in [0.717, 1.165) is 17.6 Å². The van der Waals surface area contributed by atoms with Crippen LogP contribution in [0.2, 0.25) is 0 Å². The fourth-order valence-corrected chi connectivity index (χ4v) is 2.00. The van der Waals surface area contributed by atoms with Gasteiger partial charge in [-0.2, -0.15) is 0 Å². The lowest BCUT2D eigenvalue weighted by Gasteiger charge is -2.22. The van der Waals surface area contributed by atoms with Crippen molar-refractivity contribution < 1.29 is 0 Å². The molecular weight excluding hydrogens is 192 g/mol. The minimum Gasteiger partial charge on any atom is -0.362 e. The van der Waals surface area contributed by atoms with Crippen LogP contribution < -0.4 is 10.6 Å². The van der Waals surface area contributed by atoms with E-state index in [1.165, 1.54) is 12.8 Å². The predicted octanol–water partition coefficient (Wildman–Crippen LogP) is 2.30. The highest BCUT2D eigenvalue weighted by atomic mass is 32.1. The fourth-order valence-electron chi connectivity index (χ4n) is 1.69. The van der Waals surface area contributed by atoms with Crippen molar-refractivity contribution in [2.24, 2.45) is 11.3 Å². The smallest absolute Gasteiger partial charge is 0.166 e. The van der Waals surface area contributed by atoms with E-state index in [2.05, 4.69) is 38.3 Å². The van der Waals surface area contributed by atoms with Gasteiger partial charge in [-0.05, 0) is 50.2 Å². The van der Waals surface area contributed by atoms with Gasteiger partial charge in [0.15, 0.2) is 5.11 Å². The van der Waals surface area contributed by atoms with Crippen LogP contribution in [0.4, 0.5) is 0 Å². The van der Waals surface area contributed by atoms with Crippen molar-refractivity contribution in [1.82, 2.24) is 10.6 Å². The van der Waals surface area contributed by atoms with Crippen molar-refractivity contribution in [2.75, 3.05) is 6.54 Å². The Balaban J connectivity index is 2.24. The van der Waals surface area contributed by atoms with E-state index < -0.39 is 0 Å². The zero-order valence-electron chi connectivity index (χ0n) is 9.68. The highest BCUT2D eigenvalue weighted by Gasteiger charge is 2.44. The van der Waals surface area contributed by atoms with E-state index in [9.17, 15) is 0 Å². The molecule has 0 aromatic heterocycles. The standard InChI is InChI=1S/C11H22N2S/c1-8(2)11(5-6-11)7-12-10(14)13-9(3)4/h8-9H,5-7H2,1-4H3,(H2,12,13,14). The van der Waals surface area contributed by atoms with Crippen LogP contribution >= 0.6 is 12.2 Å². The second-order valence-corrected chi connectivity index (χ2v) is 5.41. The largest absolute Gasteiger partial charge is 0.362 e. The van der Waals surface area contributed by atoms with Gasteiger partial charge in [0.1, 0.15) is 0 Å². The van der Waals surface area contributed by atoms with Crippen LogP contribution in [-0.4, -0.2) is 17.7 Å². The van der Waals surface area contributed by atoms with Crippen molar-refractivity contribution >= 4 is 17.3 Å². The maximum absolute atomic E-state index is 5.19. The highest BCUT2D eigenvalue weighted by molar-refractivity contribution is 7.80. The number of hydrogen-bond donors (Lipinski definition) is 2. The second-order valence-electron chi connectivity index (χ2n) is 5.00. The third-order valence-electron chi connectivity index (χ3n) is 3.14. The van der Waals surface area contributed by atoms with Crippen molar-refractivity contribution in [1.29, 1.82) is 0 Å². The molecule has 0 radical (unpaired) electrons. The first kappa shape index (κ1) is 11.8. The molecule has 82 valence electrons. The van der Waals surface area contributed by atoms with Gasteiger partial charge in [0, 0.05) is 12.6 Å². The molecule has 0 amide bonds. The van der Waals surface area contributed by atoms with Crippen LogP contribution in [0.5, 0.6) is 0 Å². The Morgan fingerprint density at radius 2 is 1.86 bits per heavy atom. The molecule has 0 saturated heterocycles. The Bertz CT molecular complexity index is 207. The van der Waals surface area contributed by atoms with Crippen molar-refractivity contribution in [3.8, 4) is 0 Å². The summed E-state index contributed by atoms with van der Waals surface area (Å²) in [6.45, 7) is 9.83. The average molecular weight is 214 g/mol. The number of hydrogen-bond acceptors (Lipinski definition) is 1. The lowest BCUT2D eigenvalue weighted by molar-refractivity contribution is 0.356. The highest BCUT2D eigenvalue weighted by Crippen LogP contribution is 2.51. The van der Waals surface area contributed by atoms with Gasteiger partial charge in [-0.3, -0.25) is 0 Å². The molecule has 2 nitrogen and oxygen atoms in total. The van der Waals surface area contributed by atoms with E-state index in [1.807, 2.05) is 0 Å². The topological polar surface area (TPSA) is 24.1 Å². The van der Waals surface area contributed by atoms with Gasteiger partial charge in [-0.15, -0.1) is 0 Å². The zero-order chi connectivity index (χ0) is 10.8. The summed E-state index contributed by atoms with van der Waals surface area (Å²) in [4.78, 5) is 0. The summed E-state index contributed by atoms with van der Waals surface area (Å²) in [6, 6.07) is 0.421. The maximum atomic E-state index is 5.19. The Morgan fingerprint density at radius 3 is 2.21 bits per heavy atom. The molecule has 0 aromatic rings. The van der Waals surface area contributed by atoms with Crippen molar-refractivity contribution in [3.63, 3.8) is 0 Å². The van der Waals surface area contributed by atoms with Gasteiger partial charge in [0.05, 0.1) is 0 Å².